The maximum absolute atomic E-state index is 5.27. The van der Waals surface area contributed by atoms with Crippen molar-refractivity contribution in [2.24, 2.45) is 0 Å². The average molecular weight is 281 g/mol. The second kappa shape index (κ2) is 7.09. The number of hydrogen-bond donors (Lipinski definition) is 0. The van der Waals surface area contributed by atoms with E-state index in [1.165, 1.54) is 22.3 Å². The molecule has 0 spiro atoms. The minimum atomic E-state index is 0.897. The molecule has 2 aromatic carbocycles. The first-order valence-electron chi connectivity index (χ1n) is 7.16. The van der Waals surface area contributed by atoms with E-state index in [2.05, 4.69) is 55.8 Å². The summed E-state index contributed by atoms with van der Waals surface area (Å²) in [7, 11) is 3.83. The van der Waals surface area contributed by atoms with Crippen LogP contribution in [0.3, 0.4) is 0 Å². The highest BCUT2D eigenvalue weighted by atomic mass is 16.5. The minimum Gasteiger partial charge on any atom is -0.497 e. The van der Waals surface area contributed by atoms with Gasteiger partial charge in [-0.25, -0.2) is 0 Å². The van der Waals surface area contributed by atoms with Gasteiger partial charge in [-0.3, -0.25) is 4.90 Å². The fourth-order valence-corrected chi connectivity index (χ4v) is 2.46. The molecule has 0 bridgehead atoms. The van der Waals surface area contributed by atoms with Crippen LogP contribution in [-0.4, -0.2) is 19.1 Å². The van der Waals surface area contributed by atoms with E-state index in [9.17, 15) is 0 Å². The third-order valence-corrected chi connectivity index (χ3v) is 3.60. The van der Waals surface area contributed by atoms with Gasteiger partial charge >= 0.3 is 0 Å². The maximum Gasteiger partial charge on any atom is 0.119 e. The highest BCUT2D eigenvalue weighted by molar-refractivity contribution is 5.52. The van der Waals surface area contributed by atoms with Gasteiger partial charge < -0.3 is 4.74 Å². The van der Waals surface area contributed by atoms with E-state index in [-0.39, 0.29) is 0 Å². The lowest BCUT2D eigenvalue weighted by Gasteiger charge is -2.18. The Morgan fingerprint density at radius 1 is 1.10 bits per heavy atom. The summed E-state index contributed by atoms with van der Waals surface area (Å²) in [6.45, 7) is 7.80. The second-order valence-electron chi connectivity index (χ2n) is 5.42. The van der Waals surface area contributed by atoms with Crippen molar-refractivity contribution in [1.29, 1.82) is 0 Å². The highest BCUT2D eigenvalue weighted by Gasteiger charge is 2.04. The molecular formula is C19H23NO. The lowest BCUT2D eigenvalue weighted by Crippen LogP contribution is -2.17. The Morgan fingerprint density at radius 3 is 2.48 bits per heavy atom. The van der Waals surface area contributed by atoms with Crippen molar-refractivity contribution in [2.45, 2.75) is 20.0 Å². The molecule has 0 saturated carbocycles. The van der Waals surface area contributed by atoms with Gasteiger partial charge in [-0.2, -0.15) is 0 Å². The number of methoxy groups -OCH3 is 1. The normalized spacial score (nSPS) is 10.7. The standard InChI is InChI=1S/C19H23NO/c1-5-18-11-17(10-9-15(18)2)14-20(3)13-16-7-6-8-19(12-16)21-4/h5-12H,1,13-14H2,2-4H3. The van der Waals surface area contributed by atoms with Crippen molar-refractivity contribution in [3.05, 3.63) is 71.3 Å². The summed E-state index contributed by atoms with van der Waals surface area (Å²) in [6.07, 6.45) is 1.92. The quantitative estimate of drug-likeness (QED) is 0.783. The molecule has 0 heterocycles. The molecule has 0 aliphatic carbocycles. The van der Waals surface area contributed by atoms with Crippen molar-refractivity contribution in [2.75, 3.05) is 14.2 Å². The van der Waals surface area contributed by atoms with Crippen LogP contribution in [-0.2, 0) is 13.1 Å². The van der Waals surface area contributed by atoms with Crippen LogP contribution in [0.1, 0.15) is 22.3 Å². The molecule has 0 fully saturated rings. The molecule has 0 atom stereocenters. The molecule has 0 amide bonds. The van der Waals surface area contributed by atoms with E-state index in [1.54, 1.807) is 7.11 Å². The first-order chi connectivity index (χ1) is 10.1. The average Bonchev–Trinajstić information content (AvgIpc) is 2.49. The topological polar surface area (TPSA) is 12.5 Å². The van der Waals surface area contributed by atoms with Gasteiger partial charge in [0.05, 0.1) is 7.11 Å². The summed E-state index contributed by atoms with van der Waals surface area (Å²) >= 11 is 0. The van der Waals surface area contributed by atoms with Crippen LogP contribution in [0.2, 0.25) is 0 Å². The van der Waals surface area contributed by atoms with Crippen LogP contribution < -0.4 is 4.74 Å². The molecule has 0 aromatic heterocycles. The van der Waals surface area contributed by atoms with E-state index in [1.807, 2.05) is 18.2 Å². The maximum atomic E-state index is 5.27. The summed E-state index contributed by atoms with van der Waals surface area (Å²) in [5, 5.41) is 0. The van der Waals surface area contributed by atoms with Gasteiger partial charge in [0.15, 0.2) is 0 Å². The fourth-order valence-electron chi connectivity index (χ4n) is 2.46. The lowest BCUT2D eigenvalue weighted by molar-refractivity contribution is 0.318. The van der Waals surface area contributed by atoms with Crippen LogP contribution in [0.4, 0.5) is 0 Å². The molecule has 0 N–H and O–H groups in total. The van der Waals surface area contributed by atoms with Gasteiger partial charge in [-0.15, -0.1) is 0 Å². The summed E-state index contributed by atoms with van der Waals surface area (Å²) in [5.74, 6) is 0.908. The fraction of sp³-hybridized carbons (Fsp3) is 0.263. The largest absolute Gasteiger partial charge is 0.497 e. The molecule has 0 aliphatic rings. The Labute approximate surface area is 127 Å². The Hall–Kier alpha value is -2.06. The summed E-state index contributed by atoms with van der Waals surface area (Å²) in [5.41, 5.74) is 5.04. The first kappa shape index (κ1) is 15.3. The van der Waals surface area contributed by atoms with Gasteiger partial charge in [0.25, 0.3) is 0 Å². The number of benzene rings is 2. The Balaban J connectivity index is 2.04. The van der Waals surface area contributed by atoms with Crippen molar-refractivity contribution in [1.82, 2.24) is 4.90 Å². The number of ether oxygens (including phenoxy) is 1. The van der Waals surface area contributed by atoms with Gasteiger partial charge in [-0.1, -0.05) is 43.0 Å². The van der Waals surface area contributed by atoms with E-state index < -0.39 is 0 Å². The number of aryl methyl sites for hydroxylation is 1. The number of nitrogens with zero attached hydrogens (tertiary/aromatic N) is 1. The summed E-state index contributed by atoms with van der Waals surface area (Å²) < 4.78 is 5.27. The van der Waals surface area contributed by atoms with Crippen molar-refractivity contribution < 1.29 is 4.74 Å². The van der Waals surface area contributed by atoms with Crippen LogP contribution in [0.15, 0.2) is 49.0 Å². The predicted octanol–water partition coefficient (Wildman–Crippen LogP) is 4.28. The van der Waals surface area contributed by atoms with Crippen LogP contribution in [0.25, 0.3) is 6.08 Å². The molecule has 0 saturated heterocycles. The zero-order valence-electron chi connectivity index (χ0n) is 13.1. The summed E-state index contributed by atoms with van der Waals surface area (Å²) in [4.78, 5) is 2.30. The van der Waals surface area contributed by atoms with Gasteiger partial charge in [0.1, 0.15) is 5.75 Å². The SMILES string of the molecule is C=Cc1cc(CN(C)Cc2cccc(OC)c2)ccc1C. The van der Waals surface area contributed by atoms with Crippen LogP contribution in [0.5, 0.6) is 5.75 Å². The zero-order chi connectivity index (χ0) is 15.2. The number of rotatable bonds is 6. The third-order valence-electron chi connectivity index (χ3n) is 3.60. The van der Waals surface area contributed by atoms with E-state index in [0.717, 1.165) is 18.8 Å². The van der Waals surface area contributed by atoms with Crippen molar-refractivity contribution in [3.63, 3.8) is 0 Å². The van der Waals surface area contributed by atoms with Gasteiger partial charge in [0.2, 0.25) is 0 Å². The predicted molar refractivity (Wildman–Crippen MR) is 89.4 cm³/mol. The molecule has 0 unspecified atom stereocenters. The molecule has 2 nitrogen and oxygen atoms in total. The zero-order valence-corrected chi connectivity index (χ0v) is 13.1. The van der Waals surface area contributed by atoms with Crippen molar-refractivity contribution in [3.8, 4) is 5.75 Å². The van der Waals surface area contributed by atoms with E-state index in [4.69, 9.17) is 4.74 Å². The van der Waals surface area contributed by atoms with E-state index >= 15 is 0 Å². The van der Waals surface area contributed by atoms with Gasteiger partial charge in [-0.05, 0) is 48.4 Å². The van der Waals surface area contributed by atoms with Crippen molar-refractivity contribution >= 4 is 6.08 Å². The summed E-state index contributed by atoms with van der Waals surface area (Å²) in [6, 6.07) is 14.8. The smallest absolute Gasteiger partial charge is 0.119 e. The molecule has 0 radical (unpaired) electrons. The van der Waals surface area contributed by atoms with E-state index in [0.29, 0.717) is 0 Å². The lowest BCUT2D eigenvalue weighted by atomic mass is 10.0. The molecular weight excluding hydrogens is 258 g/mol. The third kappa shape index (κ3) is 4.20. The molecule has 21 heavy (non-hydrogen) atoms. The molecule has 2 aromatic rings. The Kier molecular flexibility index (Phi) is 5.18. The molecule has 0 aliphatic heterocycles. The van der Waals surface area contributed by atoms with Crippen LogP contribution in [0, 0.1) is 6.92 Å². The second-order valence-corrected chi connectivity index (χ2v) is 5.42. The first-order valence-corrected chi connectivity index (χ1v) is 7.16. The molecule has 2 rings (SSSR count). The minimum absolute atomic E-state index is 0.897. The van der Waals surface area contributed by atoms with Crippen LogP contribution >= 0.6 is 0 Å². The van der Waals surface area contributed by atoms with Gasteiger partial charge in [0, 0.05) is 13.1 Å². The highest BCUT2D eigenvalue weighted by Crippen LogP contribution is 2.17. The number of hydrogen-bond acceptors (Lipinski definition) is 2. The Bertz CT molecular complexity index is 619. The molecule has 2 heteroatoms. The molecule has 110 valence electrons. The monoisotopic (exact) mass is 281 g/mol. The Morgan fingerprint density at radius 2 is 1.81 bits per heavy atom.